The first-order valence-corrected chi connectivity index (χ1v) is 4.51. The number of hydrogen-bond donors (Lipinski definition) is 1. The van der Waals surface area contributed by atoms with Gasteiger partial charge in [-0.1, -0.05) is 32.9 Å². The Morgan fingerprint density at radius 2 is 1.91 bits per heavy atom. The van der Waals surface area contributed by atoms with E-state index in [0.29, 0.717) is 11.5 Å². The predicted molar refractivity (Wildman–Crippen MR) is 49.6 cm³/mol. The highest BCUT2D eigenvalue weighted by Gasteiger charge is 2.24. The maximum Gasteiger partial charge on any atom is 0.00135 e. The van der Waals surface area contributed by atoms with Crippen LogP contribution in [0.2, 0.25) is 0 Å². The SMILES string of the molecule is CC(C)NCC1(C)CC=CC1. The Balaban J connectivity index is 2.25. The summed E-state index contributed by atoms with van der Waals surface area (Å²) in [4.78, 5) is 0. The zero-order chi connectivity index (χ0) is 8.32. The fourth-order valence-electron chi connectivity index (χ4n) is 1.41. The molecule has 0 fully saturated rings. The minimum Gasteiger partial charge on any atom is -0.314 e. The van der Waals surface area contributed by atoms with Crippen molar-refractivity contribution in [1.29, 1.82) is 0 Å². The van der Waals surface area contributed by atoms with E-state index in [0.717, 1.165) is 6.54 Å². The fourth-order valence-corrected chi connectivity index (χ4v) is 1.41. The molecule has 1 aliphatic rings. The highest BCUT2D eigenvalue weighted by molar-refractivity contribution is 5.01. The van der Waals surface area contributed by atoms with Gasteiger partial charge in [-0.3, -0.25) is 0 Å². The topological polar surface area (TPSA) is 12.0 Å². The fraction of sp³-hybridized carbons (Fsp3) is 0.800. The summed E-state index contributed by atoms with van der Waals surface area (Å²) in [6.45, 7) is 7.90. The van der Waals surface area contributed by atoms with Crippen LogP contribution >= 0.6 is 0 Å². The van der Waals surface area contributed by atoms with Crippen LogP contribution in [-0.4, -0.2) is 12.6 Å². The Kier molecular flexibility index (Phi) is 2.72. The van der Waals surface area contributed by atoms with E-state index in [-0.39, 0.29) is 0 Å². The van der Waals surface area contributed by atoms with Crippen LogP contribution in [0.25, 0.3) is 0 Å². The minimum atomic E-state index is 0.504. The molecule has 1 nitrogen and oxygen atoms in total. The van der Waals surface area contributed by atoms with Gasteiger partial charge < -0.3 is 5.32 Å². The molecule has 0 aromatic heterocycles. The van der Waals surface area contributed by atoms with Crippen molar-refractivity contribution in [2.75, 3.05) is 6.54 Å². The average Bonchev–Trinajstić information content (AvgIpc) is 2.33. The Hall–Kier alpha value is -0.300. The highest BCUT2D eigenvalue weighted by atomic mass is 14.9. The molecule has 0 radical (unpaired) electrons. The average molecular weight is 153 g/mol. The first-order chi connectivity index (χ1) is 5.12. The van der Waals surface area contributed by atoms with Crippen LogP contribution < -0.4 is 5.32 Å². The maximum atomic E-state index is 3.49. The molecule has 1 N–H and O–H groups in total. The molecule has 1 heteroatoms. The third-order valence-corrected chi connectivity index (χ3v) is 2.33. The molecule has 0 aromatic rings. The van der Waals surface area contributed by atoms with Crippen LogP contribution in [-0.2, 0) is 0 Å². The number of allylic oxidation sites excluding steroid dienone is 2. The zero-order valence-corrected chi connectivity index (χ0v) is 7.85. The van der Waals surface area contributed by atoms with Gasteiger partial charge in [-0.05, 0) is 18.3 Å². The predicted octanol–water partition coefficient (Wildman–Crippen LogP) is 2.34. The third-order valence-electron chi connectivity index (χ3n) is 2.33. The van der Waals surface area contributed by atoms with Gasteiger partial charge in [0.05, 0.1) is 0 Å². The van der Waals surface area contributed by atoms with Crippen molar-refractivity contribution in [2.24, 2.45) is 5.41 Å². The minimum absolute atomic E-state index is 0.504. The van der Waals surface area contributed by atoms with Gasteiger partial charge in [0.15, 0.2) is 0 Å². The second-order valence-electron chi connectivity index (χ2n) is 4.23. The quantitative estimate of drug-likeness (QED) is 0.614. The van der Waals surface area contributed by atoms with Gasteiger partial charge in [0, 0.05) is 12.6 Å². The van der Waals surface area contributed by atoms with Crippen LogP contribution in [0.4, 0.5) is 0 Å². The molecule has 1 rings (SSSR count). The molecule has 0 aromatic carbocycles. The van der Waals surface area contributed by atoms with Gasteiger partial charge in [0.1, 0.15) is 0 Å². The number of nitrogens with one attached hydrogen (secondary N) is 1. The van der Waals surface area contributed by atoms with Crippen molar-refractivity contribution >= 4 is 0 Å². The van der Waals surface area contributed by atoms with Crippen LogP contribution in [0, 0.1) is 5.41 Å². The van der Waals surface area contributed by atoms with E-state index in [2.05, 4.69) is 38.2 Å². The van der Waals surface area contributed by atoms with E-state index >= 15 is 0 Å². The van der Waals surface area contributed by atoms with E-state index < -0.39 is 0 Å². The van der Waals surface area contributed by atoms with Crippen molar-refractivity contribution in [3.63, 3.8) is 0 Å². The summed E-state index contributed by atoms with van der Waals surface area (Å²) in [6.07, 6.45) is 7.07. The summed E-state index contributed by atoms with van der Waals surface area (Å²) >= 11 is 0. The van der Waals surface area contributed by atoms with Gasteiger partial charge in [0.25, 0.3) is 0 Å². The summed E-state index contributed by atoms with van der Waals surface area (Å²) in [5, 5.41) is 3.49. The largest absolute Gasteiger partial charge is 0.314 e. The molecule has 11 heavy (non-hydrogen) atoms. The van der Waals surface area contributed by atoms with E-state index in [1.165, 1.54) is 12.8 Å². The zero-order valence-electron chi connectivity index (χ0n) is 7.85. The first-order valence-electron chi connectivity index (χ1n) is 4.51. The van der Waals surface area contributed by atoms with Gasteiger partial charge in [-0.2, -0.15) is 0 Å². The van der Waals surface area contributed by atoms with Crippen molar-refractivity contribution in [3.05, 3.63) is 12.2 Å². The Morgan fingerprint density at radius 3 is 2.36 bits per heavy atom. The summed E-state index contributed by atoms with van der Waals surface area (Å²) in [6, 6.07) is 0.618. The van der Waals surface area contributed by atoms with Crippen molar-refractivity contribution < 1.29 is 0 Å². The van der Waals surface area contributed by atoms with Crippen LogP contribution in [0.5, 0.6) is 0 Å². The highest BCUT2D eigenvalue weighted by Crippen LogP contribution is 2.31. The second-order valence-corrected chi connectivity index (χ2v) is 4.23. The van der Waals surface area contributed by atoms with Gasteiger partial charge >= 0.3 is 0 Å². The molecule has 0 aliphatic heterocycles. The van der Waals surface area contributed by atoms with E-state index in [4.69, 9.17) is 0 Å². The lowest BCUT2D eigenvalue weighted by Gasteiger charge is -2.25. The molecule has 1 aliphatic carbocycles. The maximum absolute atomic E-state index is 3.49. The molecule has 0 saturated carbocycles. The number of rotatable bonds is 3. The van der Waals surface area contributed by atoms with Gasteiger partial charge in [0.2, 0.25) is 0 Å². The van der Waals surface area contributed by atoms with Crippen LogP contribution in [0.3, 0.4) is 0 Å². The molecule has 0 amide bonds. The summed E-state index contributed by atoms with van der Waals surface area (Å²) < 4.78 is 0. The monoisotopic (exact) mass is 153 g/mol. The standard InChI is InChI=1S/C10H19N/c1-9(2)11-8-10(3)6-4-5-7-10/h4-5,9,11H,6-8H2,1-3H3. The molecule has 0 atom stereocenters. The summed E-state index contributed by atoms with van der Waals surface area (Å²) in [5.41, 5.74) is 0.504. The summed E-state index contributed by atoms with van der Waals surface area (Å²) in [5.74, 6) is 0. The van der Waals surface area contributed by atoms with Crippen LogP contribution in [0.15, 0.2) is 12.2 Å². The Bertz CT molecular complexity index is 139. The molecular weight excluding hydrogens is 134 g/mol. The number of hydrogen-bond acceptors (Lipinski definition) is 1. The van der Waals surface area contributed by atoms with E-state index in [9.17, 15) is 0 Å². The first kappa shape index (κ1) is 8.79. The molecule has 64 valence electrons. The van der Waals surface area contributed by atoms with E-state index in [1.807, 2.05) is 0 Å². The molecule has 0 unspecified atom stereocenters. The van der Waals surface area contributed by atoms with Gasteiger partial charge in [-0.25, -0.2) is 0 Å². The van der Waals surface area contributed by atoms with E-state index in [1.54, 1.807) is 0 Å². The Morgan fingerprint density at radius 1 is 1.36 bits per heavy atom. The third kappa shape index (κ3) is 2.66. The molecule has 0 spiro atoms. The summed E-state index contributed by atoms with van der Waals surface area (Å²) in [7, 11) is 0. The molecular formula is C10H19N. The second kappa shape index (κ2) is 3.40. The lowest BCUT2D eigenvalue weighted by molar-refractivity contribution is 0.316. The smallest absolute Gasteiger partial charge is 0.00135 e. The lowest BCUT2D eigenvalue weighted by Crippen LogP contribution is -2.34. The lowest BCUT2D eigenvalue weighted by atomic mass is 9.88. The normalized spacial score (nSPS) is 21.5. The molecule has 0 bridgehead atoms. The van der Waals surface area contributed by atoms with Crippen LogP contribution in [0.1, 0.15) is 33.6 Å². The van der Waals surface area contributed by atoms with Crippen molar-refractivity contribution in [2.45, 2.75) is 39.7 Å². The van der Waals surface area contributed by atoms with Crippen molar-refractivity contribution in [1.82, 2.24) is 5.32 Å². The molecule has 0 heterocycles. The Labute approximate surface area is 69.9 Å². The van der Waals surface area contributed by atoms with Crippen molar-refractivity contribution in [3.8, 4) is 0 Å². The molecule has 0 saturated heterocycles. The van der Waals surface area contributed by atoms with Gasteiger partial charge in [-0.15, -0.1) is 0 Å².